The largest absolute Gasteiger partial charge is 0.362 e. The van der Waals surface area contributed by atoms with Crippen molar-refractivity contribution in [1.82, 2.24) is 10.0 Å². The van der Waals surface area contributed by atoms with Crippen LogP contribution in [0.25, 0.3) is 0 Å². The zero-order chi connectivity index (χ0) is 17.0. The van der Waals surface area contributed by atoms with Crippen molar-refractivity contribution in [2.75, 3.05) is 31.6 Å². The molecule has 8 nitrogen and oxygen atoms in total. The molecular formula is C14H22N4O4S. The second kappa shape index (κ2) is 7.24. The number of anilines is 1. The van der Waals surface area contributed by atoms with E-state index in [1.165, 1.54) is 19.2 Å². The van der Waals surface area contributed by atoms with E-state index in [9.17, 15) is 18.5 Å². The van der Waals surface area contributed by atoms with Gasteiger partial charge in [0.15, 0.2) is 0 Å². The Bertz CT molecular complexity index is 671. The van der Waals surface area contributed by atoms with Crippen LogP contribution in [-0.2, 0) is 10.0 Å². The summed E-state index contributed by atoms with van der Waals surface area (Å²) in [6.07, 6.45) is 1.76. The lowest BCUT2D eigenvalue weighted by molar-refractivity contribution is -0.384. The quantitative estimate of drug-likeness (QED) is 0.567. The molecule has 0 spiro atoms. The van der Waals surface area contributed by atoms with E-state index < -0.39 is 14.9 Å². The van der Waals surface area contributed by atoms with Gasteiger partial charge in [-0.25, -0.2) is 13.1 Å². The summed E-state index contributed by atoms with van der Waals surface area (Å²) >= 11 is 0. The molecular weight excluding hydrogens is 320 g/mol. The Balaban J connectivity index is 2.49. The Morgan fingerprint density at radius 1 is 1.48 bits per heavy atom. The number of hydrogen-bond donors (Lipinski definition) is 2. The van der Waals surface area contributed by atoms with Gasteiger partial charge >= 0.3 is 0 Å². The molecule has 9 heteroatoms. The number of nitrogens with one attached hydrogen (secondary N) is 2. The van der Waals surface area contributed by atoms with Crippen molar-refractivity contribution in [1.29, 1.82) is 0 Å². The number of benzene rings is 1. The lowest BCUT2D eigenvalue weighted by atomic mass is 10.1. The average molecular weight is 342 g/mol. The summed E-state index contributed by atoms with van der Waals surface area (Å²) in [5.41, 5.74) is 0.294. The molecule has 1 aromatic carbocycles. The zero-order valence-corrected chi connectivity index (χ0v) is 14.1. The van der Waals surface area contributed by atoms with Crippen molar-refractivity contribution in [3.63, 3.8) is 0 Å². The maximum atomic E-state index is 11.9. The molecule has 1 fully saturated rings. The number of sulfonamides is 1. The van der Waals surface area contributed by atoms with Gasteiger partial charge in [0.25, 0.3) is 5.69 Å². The van der Waals surface area contributed by atoms with Crippen LogP contribution in [0, 0.1) is 10.1 Å². The Kier molecular flexibility index (Phi) is 5.55. The number of hydrogen-bond acceptors (Lipinski definition) is 6. The lowest BCUT2D eigenvalue weighted by Gasteiger charge is -2.30. The first kappa shape index (κ1) is 17.6. The molecule has 23 heavy (non-hydrogen) atoms. The first-order valence-corrected chi connectivity index (χ1v) is 9.08. The minimum Gasteiger partial charge on any atom is -0.362 e. The van der Waals surface area contributed by atoms with Crippen LogP contribution in [0.1, 0.15) is 19.8 Å². The van der Waals surface area contributed by atoms with Gasteiger partial charge in [0.1, 0.15) is 5.69 Å². The summed E-state index contributed by atoms with van der Waals surface area (Å²) in [7, 11) is -2.43. The Morgan fingerprint density at radius 3 is 2.74 bits per heavy atom. The Hall–Kier alpha value is -1.71. The van der Waals surface area contributed by atoms with Gasteiger partial charge in [-0.3, -0.25) is 10.1 Å². The lowest BCUT2D eigenvalue weighted by Crippen LogP contribution is -2.38. The van der Waals surface area contributed by atoms with E-state index in [0.717, 1.165) is 32.0 Å². The van der Waals surface area contributed by atoms with Gasteiger partial charge in [-0.2, -0.15) is 0 Å². The average Bonchev–Trinajstić information content (AvgIpc) is 3.06. The molecule has 1 atom stereocenters. The highest BCUT2D eigenvalue weighted by molar-refractivity contribution is 7.89. The summed E-state index contributed by atoms with van der Waals surface area (Å²) in [5, 5.41) is 14.7. The summed E-state index contributed by atoms with van der Waals surface area (Å²) in [5.74, 6) is 0. The third-order valence-electron chi connectivity index (χ3n) is 3.97. The second-order valence-corrected chi connectivity index (χ2v) is 7.34. The molecule has 0 bridgehead atoms. The van der Waals surface area contributed by atoms with Gasteiger partial charge in [-0.15, -0.1) is 0 Å². The standard InChI is InChI=1S/C14H22N4O4S/c1-3-8-17(11-6-7-16-10-11)13-5-4-12(23(21,22)15-2)9-14(13)18(19)20/h4-5,9,11,15-16H,3,6-8,10H2,1-2H3. The van der Waals surface area contributed by atoms with E-state index in [1.54, 1.807) is 0 Å². The van der Waals surface area contributed by atoms with E-state index in [2.05, 4.69) is 10.0 Å². The highest BCUT2D eigenvalue weighted by atomic mass is 32.2. The number of nitro groups is 1. The van der Waals surface area contributed by atoms with Gasteiger partial charge in [0.05, 0.1) is 9.82 Å². The maximum absolute atomic E-state index is 11.9. The predicted molar refractivity (Wildman–Crippen MR) is 88.3 cm³/mol. The normalized spacial score (nSPS) is 18.1. The first-order chi connectivity index (χ1) is 10.9. The van der Waals surface area contributed by atoms with Gasteiger partial charge in [0, 0.05) is 25.2 Å². The van der Waals surface area contributed by atoms with Gasteiger partial charge in [-0.1, -0.05) is 6.92 Å². The fourth-order valence-electron chi connectivity index (χ4n) is 2.82. The third-order valence-corrected chi connectivity index (χ3v) is 5.38. The Labute approximate surface area is 136 Å². The van der Waals surface area contributed by atoms with Crippen molar-refractivity contribution in [2.45, 2.75) is 30.7 Å². The molecule has 0 radical (unpaired) electrons. The maximum Gasteiger partial charge on any atom is 0.293 e. The smallest absolute Gasteiger partial charge is 0.293 e. The third kappa shape index (κ3) is 3.80. The zero-order valence-electron chi connectivity index (χ0n) is 13.3. The van der Waals surface area contributed by atoms with Crippen molar-refractivity contribution in [2.24, 2.45) is 0 Å². The molecule has 1 aromatic rings. The van der Waals surface area contributed by atoms with Crippen LogP contribution >= 0.6 is 0 Å². The summed E-state index contributed by atoms with van der Waals surface area (Å²) in [6, 6.07) is 4.27. The number of nitro benzene ring substituents is 1. The molecule has 2 N–H and O–H groups in total. The summed E-state index contributed by atoms with van der Waals surface area (Å²) in [4.78, 5) is 12.8. The fourth-order valence-corrected chi connectivity index (χ4v) is 3.57. The van der Waals surface area contributed by atoms with Gasteiger partial charge in [-0.05, 0) is 38.6 Å². The van der Waals surface area contributed by atoms with Crippen molar-refractivity contribution >= 4 is 21.4 Å². The van der Waals surface area contributed by atoms with Crippen LogP contribution in [0.15, 0.2) is 23.1 Å². The monoisotopic (exact) mass is 342 g/mol. The molecule has 1 unspecified atom stereocenters. The van der Waals surface area contributed by atoms with E-state index >= 15 is 0 Å². The van der Waals surface area contributed by atoms with E-state index in [-0.39, 0.29) is 16.6 Å². The van der Waals surface area contributed by atoms with Crippen molar-refractivity contribution in [3.8, 4) is 0 Å². The van der Waals surface area contributed by atoms with E-state index in [0.29, 0.717) is 12.2 Å². The predicted octanol–water partition coefficient (Wildman–Crippen LogP) is 1.08. The summed E-state index contributed by atoms with van der Waals surface area (Å²) < 4.78 is 25.9. The van der Waals surface area contributed by atoms with Gasteiger partial charge in [0.2, 0.25) is 10.0 Å². The number of rotatable bonds is 7. The molecule has 2 rings (SSSR count). The van der Waals surface area contributed by atoms with Crippen LogP contribution in [0.2, 0.25) is 0 Å². The topological polar surface area (TPSA) is 105 Å². The molecule has 0 saturated carbocycles. The molecule has 128 valence electrons. The van der Waals surface area contributed by atoms with E-state index in [1.807, 2.05) is 11.8 Å². The highest BCUT2D eigenvalue weighted by Gasteiger charge is 2.29. The molecule has 1 aliphatic heterocycles. The van der Waals surface area contributed by atoms with Crippen LogP contribution in [0.4, 0.5) is 11.4 Å². The minimum atomic E-state index is -3.71. The molecule has 0 amide bonds. The van der Waals surface area contributed by atoms with Crippen LogP contribution in [0.3, 0.4) is 0 Å². The highest BCUT2D eigenvalue weighted by Crippen LogP contribution is 2.33. The SMILES string of the molecule is CCCN(c1ccc(S(=O)(=O)NC)cc1[N+](=O)[O-])C1CCNC1. The number of nitrogens with zero attached hydrogens (tertiary/aromatic N) is 2. The Morgan fingerprint density at radius 2 is 2.22 bits per heavy atom. The van der Waals surface area contributed by atoms with Crippen LogP contribution in [-0.4, -0.2) is 46.1 Å². The van der Waals surface area contributed by atoms with E-state index in [4.69, 9.17) is 0 Å². The van der Waals surface area contributed by atoms with Crippen molar-refractivity contribution < 1.29 is 13.3 Å². The fraction of sp³-hybridized carbons (Fsp3) is 0.571. The van der Waals surface area contributed by atoms with Crippen molar-refractivity contribution in [3.05, 3.63) is 28.3 Å². The van der Waals surface area contributed by atoms with Gasteiger partial charge < -0.3 is 10.2 Å². The molecule has 1 saturated heterocycles. The first-order valence-electron chi connectivity index (χ1n) is 7.60. The molecule has 0 aromatic heterocycles. The van der Waals surface area contributed by atoms with Crippen LogP contribution < -0.4 is 14.9 Å². The molecule has 0 aliphatic carbocycles. The summed E-state index contributed by atoms with van der Waals surface area (Å²) in [6.45, 7) is 4.35. The minimum absolute atomic E-state index is 0.101. The second-order valence-electron chi connectivity index (χ2n) is 5.46. The molecule has 1 aliphatic rings. The van der Waals surface area contributed by atoms with Crippen LogP contribution in [0.5, 0.6) is 0 Å². The molecule has 1 heterocycles.